The third-order valence-corrected chi connectivity index (χ3v) is 2.12. The van der Waals surface area contributed by atoms with E-state index in [1.54, 1.807) is 0 Å². The summed E-state index contributed by atoms with van der Waals surface area (Å²) < 4.78 is 0. The van der Waals surface area contributed by atoms with Gasteiger partial charge in [0.2, 0.25) is 0 Å². The summed E-state index contributed by atoms with van der Waals surface area (Å²) in [5.41, 5.74) is 0. The fourth-order valence-electron chi connectivity index (χ4n) is 1.32. The summed E-state index contributed by atoms with van der Waals surface area (Å²) in [7, 11) is 0. The standard InChI is InChI=1S/C12H20O3/c1-11(13)9-7-5-3-2-4-6-8-10-12(14)15/h11,13H,2-7,9H2,1H3,(H,14,15). The molecule has 0 spiro atoms. The van der Waals surface area contributed by atoms with Crippen molar-refractivity contribution in [2.45, 2.75) is 58.0 Å². The largest absolute Gasteiger partial charge is 0.472 e. The van der Waals surface area contributed by atoms with Crippen molar-refractivity contribution in [2.75, 3.05) is 0 Å². The van der Waals surface area contributed by atoms with Gasteiger partial charge in [-0.1, -0.05) is 31.6 Å². The van der Waals surface area contributed by atoms with Crippen LogP contribution in [0.15, 0.2) is 0 Å². The molecule has 0 aliphatic heterocycles. The third kappa shape index (κ3) is 13.0. The fourth-order valence-corrected chi connectivity index (χ4v) is 1.32. The minimum atomic E-state index is -1.05. The minimum Gasteiger partial charge on any atom is -0.472 e. The van der Waals surface area contributed by atoms with Crippen molar-refractivity contribution in [1.82, 2.24) is 0 Å². The third-order valence-electron chi connectivity index (χ3n) is 2.12. The zero-order valence-corrected chi connectivity index (χ0v) is 9.33. The van der Waals surface area contributed by atoms with Crippen molar-refractivity contribution in [2.24, 2.45) is 0 Å². The van der Waals surface area contributed by atoms with Gasteiger partial charge in [0.25, 0.3) is 0 Å². The van der Waals surface area contributed by atoms with Gasteiger partial charge in [0.15, 0.2) is 0 Å². The molecule has 0 aliphatic rings. The molecule has 0 rings (SSSR count). The Morgan fingerprint density at radius 1 is 1.20 bits per heavy atom. The predicted octanol–water partition coefficient (Wildman–Crippen LogP) is 2.19. The van der Waals surface area contributed by atoms with E-state index in [0.717, 1.165) is 38.5 Å². The highest BCUT2D eigenvalue weighted by Gasteiger charge is 1.95. The molecule has 0 radical (unpaired) electrons. The lowest BCUT2D eigenvalue weighted by Crippen LogP contribution is -1.98. The highest BCUT2D eigenvalue weighted by Crippen LogP contribution is 2.08. The van der Waals surface area contributed by atoms with Gasteiger partial charge in [-0.3, -0.25) is 0 Å². The van der Waals surface area contributed by atoms with E-state index in [9.17, 15) is 4.79 Å². The van der Waals surface area contributed by atoms with E-state index in [1.807, 2.05) is 6.92 Å². The molecule has 1 unspecified atom stereocenters. The molecule has 2 N–H and O–H groups in total. The Labute approximate surface area is 91.5 Å². The second-order valence-electron chi connectivity index (χ2n) is 3.76. The van der Waals surface area contributed by atoms with E-state index in [2.05, 4.69) is 11.8 Å². The molecular formula is C12H20O3. The zero-order valence-electron chi connectivity index (χ0n) is 9.33. The molecule has 0 amide bonds. The number of aliphatic carboxylic acids is 1. The molecule has 0 fully saturated rings. The van der Waals surface area contributed by atoms with Crippen LogP contribution in [0.1, 0.15) is 51.9 Å². The van der Waals surface area contributed by atoms with Gasteiger partial charge in [-0.25, -0.2) is 4.79 Å². The number of carbonyl (C=O) groups is 1. The van der Waals surface area contributed by atoms with Gasteiger partial charge in [-0.15, -0.1) is 0 Å². The molecule has 3 heteroatoms. The Bertz CT molecular complexity index is 223. The highest BCUT2D eigenvalue weighted by molar-refractivity contribution is 5.86. The topological polar surface area (TPSA) is 57.5 Å². The quantitative estimate of drug-likeness (QED) is 0.502. The smallest absolute Gasteiger partial charge is 0.381 e. The van der Waals surface area contributed by atoms with E-state index in [0.29, 0.717) is 6.42 Å². The van der Waals surface area contributed by atoms with E-state index in [-0.39, 0.29) is 6.10 Å². The molecule has 0 aromatic carbocycles. The Hall–Kier alpha value is -1.01. The summed E-state index contributed by atoms with van der Waals surface area (Å²) in [6.45, 7) is 1.81. The van der Waals surface area contributed by atoms with Gasteiger partial charge < -0.3 is 10.2 Å². The Balaban J connectivity index is 3.13. The Kier molecular flexibility index (Phi) is 8.90. The number of carboxylic acid groups (broad SMARTS) is 1. The monoisotopic (exact) mass is 212 g/mol. The first-order valence-electron chi connectivity index (χ1n) is 5.53. The van der Waals surface area contributed by atoms with Gasteiger partial charge in [-0.2, -0.15) is 0 Å². The second-order valence-corrected chi connectivity index (χ2v) is 3.76. The summed E-state index contributed by atoms with van der Waals surface area (Å²) >= 11 is 0. The summed E-state index contributed by atoms with van der Waals surface area (Å²) in [5.74, 6) is 3.65. The summed E-state index contributed by atoms with van der Waals surface area (Å²) in [6, 6.07) is 0. The van der Waals surface area contributed by atoms with Crippen LogP contribution in [0.4, 0.5) is 0 Å². The first-order chi connectivity index (χ1) is 7.13. The lowest BCUT2D eigenvalue weighted by atomic mass is 10.1. The van der Waals surface area contributed by atoms with E-state index in [1.165, 1.54) is 0 Å². The SMILES string of the molecule is CC(O)CCCCCCCC#CC(=O)O. The van der Waals surface area contributed by atoms with E-state index >= 15 is 0 Å². The van der Waals surface area contributed by atoms with Crippen LogP contribution in [0.25, 0.3) is 0 Å². The van der Waals surface area contributed by atoms with Crippen LogP contribution in [0.5, 0.6) is 0 Å². The maximum absolute atomic E-state index is 10.0. The number of hydrogen-bond acceptors (Lipinski definition) is 2. The number of aliphatic hydroxyl groups excluding tert-OH is 1. The highest BCUT2D eigenvalue weighted by atomic mass is 16.4. The average molecular weight is 212 g/mol. The predicted molar refractivity (Wildman–Crippen MR) is 59.4 cm³/mol. The van der Waals surface area contributed by atoms with Crippen molar-refractivity contribution in [3.63, 3.8) is 0 Å². The molecule has 0 aromatic heterocycles. The number of unbranched alkanes of at least 4 members (excludes halogenated alkanes) is 5. The summed E-state index contributed by atoms with van der Waals surface area (Å²) in [6.07, 6.45) is 6.76. The molecule has 3 nitrogen and oxygen atoms in total. The van der Waals surface area contributed by atoms with Crippen LogP contribution >= 0.6 is 0 Å². The lowest BCUT2D eigenvalue weighted by Gasteiger charge is -2.02. The van der Waals surface area contributed by atoms with Crippen LogP contribution in [0.2, 0.25) is 0 Å². The zero-order chi connectivity index (χ0) is 11.5. The van der Waals surface area contributed by atoms with Crippen LogP contribution < -0.4 is 0 Å². The maximum Gasteiger partial charge on any atom is 0.381 e. The van der Waals surface area contributed by atoms with Crippen LogP contribution in [0.3, 0.4) is 0 Å². The number of rotatable bonds is 7. The molecule has 0 aliphatic carbocycles. The van der Waals surface area contributed by atoms with Gasteiger partial charge >= 0.3 is 5.97 Å². The molecule has 86 valence electrons. The Morgan fingerprint density at radius 2 is 1.80 bits per heavy atom. The number of carboxylic acids is 1. The van der Waals surface area contributed by atoms with Crippen molar-refractivity contribution >= 4 is 5.97 Å². The molecule has 0 heterocycles. The normalized spacial score (nSPS) is 11.6. The van der Waals surface area contributed by atoms with Crippen molar-refractivity contribution in [3.8, 4) is 11.8 Å². The molecule has 1 atom stereocenters. The van der Waals surface area contributed by atoms with Crippen molar-refractivity contribution in [1.29, 1.82) is 0 Å². The molecule has 0 aromatic rings. The molecule has 0 saturated heterocycles. The molecular weight excluding hydrogens is 192 g/mol. The van der Waals surface area contributed by atoms with E-state index < -0.39 is 5.97 Å². The second kappa shape index (κ2) is 9.54. The first kappa shape index (κ1) is 14.0. The molecule has 15 heavy (non-hydrogen) atoms. The van der Waals surface area contributed by atoms with E-state index in [4.69, 9.17) is 10.2 Å². The molecule has 0 saturated carbocycles. The van der Waals surface area contributed by atoms with Gasteiger partial charge in [0.1, 0.15) is 0 Å². The first-order valence-corrected chi connectivity index (χ1v) is 5.53. The fraction of sp³-hybridized carbons (Fsp3) is 0.750. The van der Waals surface area contributed by atoms with Crippen LogP contribution in [-0.4, -0.2) is 22.3 Å². The van der Waals surface area contributed by atoms with Crippen LogP contribution in [0, 0.1) is 11.8 Å². The maximum atomic E-state index is 10.0. The lowest BCUT2D eigenvalue weighted by molar-refractivity contribution is -0.130. The van der Waals surface area contributed by atoms with Crippen LogP contribution in [-0.2, 0) is 4.79 Å². The van der Waals surface area contributed by atoms with Gasteiger partial charge in [0.05, 0.1) is 6.10 Å². The van der Waals surface area contributed by atoms with Gasteiger partial charge in [-0.05, 0) is 19.8 Å². The summed E-state index contributed by atoms with van der Waals surface area (Å²) in [5, 5.41) is 17.2. The molecule has 0 bridgehead atoms. The van der Waals surface area contributed by atoms with Crippen molar-refractivity contribution in [3.05, 3.63) is 0 Å². The average Bonchev–Trinajstić information content (AvgIpc) is 2.14. The Morgan fingerprint density at radius 3 is 2.40 bits per heavy atom. The number of hydrogen-bond donors (Lipinski definition) is 2. The minimum absolute atomic E-state index is 0.188. The summed E-state index contributed by atoms with van der Waals surface area (Å²) in [4.78, 5) is 10.0. The van der Waals surface area contributed by atoms with Crippen molar-refractivity contribution < 1.29 is 15.0 Å². The van der Waals surface area contributed by atoms with Gasteiger partial charge in [0, 0.05) is 12.3 Å². The number of aliphatic hydroxyl groups is 1.